The van der Waals surface area contributed by atoms with Crippen LogP contribution in [0.2, 0.25) is 0 Å². The van der Waals surface area contributed by atoms with Crippen LogP contribution >= 0.6 is 0 Å². The Bertz CT molecular complexity index is 823. The summed E-state index contributed by atoms with van der Waals surface area (Å²) in [4.78, 5) is 12.0. The Balaban J connectivity index is 1.91. The minimum absolute atomic E-state index is 0.273. The van der Waals surface area contributed by atoms with Crippen molar-refractivity contribution < 1.29 is 13.6 Å². The van der Waals surface area contributed by atoms with Gasteiger partial charge < -0.3 is 9.73 Å². The number of H-pyrrole nitrogens is 1. The number of aromatic amines is 1. The lowest BCUT2D eigenvalue weighted by atomic mass is 9.98. The first-order valence-corrected chi connectivity index (χ1v) is 6.43. The first kappa shape index (κ1) is 11.9. The summed E-state index contributed by atoms with van der Waals surface area (Å²) in [5.74, 6) is -0.142. The molecule has 0 saturated carbocycles. The number of aromatic nitrogens is 2. The number of nitrogens with one attached hydrogen (secondary N) is 2. The molecule has 0 saturated heterocycles. The lowest BCUT2D eigenvalue weighted by molar-refractivity contribution is 0.0955. The molecule has 0 radical (unpaired) electrons. The van der Waals surface area contributed by atoms with Crippen LogP contribution in [0.5, 0.6) is 0 Å². The van der Waals surface area contributed by atoms with E-state index in [0.29, 0.717) is 22.6 Å². The number of nitrogens with zero attached hydrogens (tertiary/aromatic N) is 1. The van der Waals surface area contributed by atoms with E-state index in [0.717, 1.165) is 0 Å². The number of rotatable bonds is 2. The van der Waals surface area contributed by atoms with Crippen molar-refractivity contribution in [1.82, 2.24) is 15.5 Å². The number of amides is 1. The van der Waals surface area contributed by atoms with Crippen molar-refractivity contribution >= 4 is 5.91 Å². The molecule has 1 unspecified atom stereocenters. The Morgan fingerprint density at radius 1 is 1.19 bits per heavy atom. The molecular weight excluding hydrogens is 273 g/mol. The molecule has 1 atom stereocenters. The highest BCUT2D eigenvalue weighted by atomic mass is 19.1. The van der Waals surface area contributed by atoms with Crippen molar-refractivity contribution in [2.75, 3.05) is 0 Å². The molecule has 0 aliphatic carbocycles. The van der Waals surface area contributed by atoms with Gasteiger partial charge in [0.15, 0.2) is 11.5 Å². The van der Waals surface area contributed by atoms with Gasteiger partial charge in [-0.3, -0.25) is 9.89 Å². The Morgan fingerprint density at radius 3 is 2.81 bits per heavy atom. The third kappa shape index (κ3) is 1.69. The molecule has 1 amide bonds. The maximum atomic E-state index is 14.0. The van der Waals surface area contributed by atoms with Crippen LogP contribution in [0.25, 0.3) is 11.5 Å². The number of carbonyl (C=O) groups is 1. The molecule has 104 valence electrons. The molecule has 1 aromatic carbocycles. The smallest absolute Gasteiger partial charge is 0.272 e. The summed E-state index contributed by atoms with van der Waals surface area (Å²) in [7, 11) is 0. The summed E-state index contributed by atoms with van der Waals surface area (Å²) < 4.78 is 19.4. The predicted molar refractivity (Wildman–Crippen MR) is 72.0 cm³/mol. The molecule has 1 aliphatic rings. The molecule has 2 aromatic heterocycles. The fourth-order valence-electron chi connectivity index (χ4n) is 2.63. The summed E-state index contributed by atoms with van der Waals surface area (Å²) in [6.45, 7) is 0. The Morgan fingerprint density at radius 2 is 2.05 bits per heavy atom. The lowest BCUT2D eigenvalue weighted by Crippen LogP contribution is -2.21. The fraction of sp³-hybridized carbons (Fsp3) is 0.0667. The van der Waals surface area contributed by atoms with Crippen LogP contribution in [0.15, 0.2) is 47.1 Å². The van der Waals surface area contributed by atoms with Gasteiger partial charge >= 0.3 is 0 Å². The molecule has 0 spiro atoms. The zero-order valence-corrected chi connectivity index (χ0v) is 10.8. The van der Waals surface area contributed by atoms with Gasteiger partial charge in [-0.25, -0.2) is 4.39 Å². The number of hydrogen-bond acceptors (Lipinski definition) is 3. The lowest BCUT2D eigenvalue weighted by Gasteiger charge is -2.13. The second-order valence-electron chi connectivity index (χ2n) is 4.77. The van der Waals surface area contributed by atoms with Gasteiger partial charge in [0.1, 0.15) is 11.5 Å². The van der Waals surface area contributed by atoms with Gasteiger partial charge in [-0.1, -0.05) is 18.2 Å². The van der Waals surface area contributed by atoms with Gasteiger partial charge in [-0.15, -0.1) is 0 Å². The first-order chi connectivity index (χ1) is 10.3. The quantitative estimate of drug-likeness (QED) is 0.759. The van der Waals surface area contributed by atoms with Gasteiger partial charge in [0, 0.05) is 11.1 Å². The van der Waals surface area contributed by atoms with Gasteiger partial charge in [-0.05, 0) is 18.2 Å². The Kier molecular flexibility index (Phi) is 2.44. The number of hydrogen-bond donors (Lipinski definition) is 2. The third-order valence-electron chi connectivity index (χ3n) is 3.57. The number of fused-ring (bicyclic) bond motifs is 1. The number of benzene rings is 1. The van der Waals surface area contributed by atoms with Gasteiger partial charge in [0.2, 0.25) is 0 Å². The van der Waals surface area contributed by atoms with E-state index in [9.17, 15) is 9.18 Å². The number of carbonyl (C=O) groups excluding carboxylic acids is 1. The predicted octanol–water partition coefficient (Wildman–Crippen LogP) is 2.64. The second kappa shape index (κ2) is 4.31. The van der Waals surface area contributed by atoms with Crippen LogP contribution in [-0.2, 0) is 0 Å². The van der Waals surface area contributed by atoms with Crippen LogP contribution in [0, 0.1) is 5.82 Å². The highest BCUT2D eigenvalue weighted by molar-refractivity contribution is 5.99. The molecule has 0 bridgehead atoms. The van der Waals surface area contributed by atoms with E-state index in [1.165, 1.54) is 12.3 Å². The highest BCUT2D eigenvalue weighted by Crippen LogP contribution is 2.37. The average Bonchev–Trinajstić information content (AvgIpc) is 3.18. The maximum Gasteiger partial charge on any atom is 0.272 e. The van der Waals surface area contributed by atoms with E-state index in [1.54, 1.807) is 30.3 Å². The summed E-state index contributed by atoms with van der Waals surface area (Å²) in [5.41, 5.74) is 1.87. The fourth-order valence-corrected chi connectivity index (χ4v) is 2.63. The number of halogens is 1. The maximum absolute atomic E-state index is 14.0. The van der Waals surface area contributed by atoms with Gasteiger partial charge in [0.25, 0.3) is 5.91 Å². The van der Waals surface area contributed by atoms with Crippen molar-refractivity contribution in [2.45, 2.75) is 6.04 Å². The summed E-state index contributed by atoms with van der Waals surface area (Å²) in [5, 5.41) is 9.58. The van der Waals surface area contributed by atoms with Crippen LogP contribution in [0.3, 0.4) is 0 Å². The normalized spacial score (nSPS) is 16.8. The summed E-state index contributed by atoms with van der Waals surface area (Å²) in [6, 6.07) is 9.28. The molecule has 0 fully saturated rings. The van der Waals surface area contributed by atoms with E-state index in [4.69, 9.17) is 4.42 Å². The number of furan rings is 1. The van der Waals surface area contributed by atoms with Crippen molar-refractivity contribution in [3.63, 3.8) is 0 Å². The van der Waals surface area contributed by atoms with E-state index in [-0.39, 0.29) is 17.4 Å². The minimum Gasteiger partial charge on any atom is -0.463 e. The largest absolute Gasteiger partial charge is 0.463 e. The highest BCUT2D eigenvalue weighted by Gasteiger charge is 2.37. The Labute approximate surface area is 118 Å². The molecule has 21 heavy (non-hydrogen) atoms. The Hall–Kier alpha value is -2.89. The van der Waals surface area contributed by atoms with Crippen molar-refractivity contribution in [3.05, 3.63) is 65.3 Å². The molecule has 5 nitrogen and oxygen atoms in total. The van der Waals surface area contributed by atoms with Crippen LogP contribution < -0.4 is 5.32 Å². The molecule has 3 aromatic rings. The SMILES string of the molecule is O=C1NC(c2ccccc2F)c2c1n[nH]c2-c1ccco1. The summed E-state index contributed by atoms with van der Waals surface area (Å²) >= 11 is 0. The van der Waals surface area contributed by atoms with Crippen molar-refractivity contribution in [2.24, 2.45) is 0 Å². The standard InChI is InChI=1S/C15H10FN3O2/c16-9-5-2-1-4-8(9)12-11-13(10-6-3-7-21-10)18-19-14(11)15(20)17-12/h1-7,12H,(H,17,20)(H,18,19). The third-order valence-corrected chi connectivity index (χ3v) is 3.57. The zero-order chi connectivity index (χ0) is 14.4. The van der Waals surface area contributed by atoms with Gasteiger partial charge in [-0.2, -0.15) is 5.10 Å². The molecule has 1 aliphatic heterocycles. The second-order valence-corrected chi connectivity index (χ2v) is 4.77. The zero-order valence-electron chi connectivity index (χ0n) is 10.8. The van der Waals surface area contributed by atoms with Gasteiger partial charge in [0.05, 0.1) is 12.3 Å². The monoisotopic (exact) mass is 283 g/mol. The molecule has 4 rings (SSSR count). The van der Waals surface area contributed by atoms with E-state index in [2.05, 4.69) is 15.5 Å². The van der Waals surface area contributed by atoms with E-state index < -0.39 is 6.04 Å². The van der Waals surface area contributed by atoms with E-state index >= 15 is 0 Å². The minimum atomic E-state index is -0.576. The van der Waals surface area contributed by atoms with Crippen LogP contribution in [0.1, 0.15) is 27.7 Å². The molecular formula is C15H10FN3O2. The van der Waals surface area contributed by atoms with Crippen LogP contribution in [0.4, 0.5) is 4.39 Å². The molecule has 3 heterocycles. The van der Waals surface area contributed by atoms with Crippen LogP contribution in [-0.4, -0.2) is 16.1 Å². The van der Waals surface area contributed by atoms with E-state index in [1.807, 2.05) is 0 Å². The molecule has 2 N–H and O–H groups in total. The van der Waals surface area contributed by atoms with Crippen molar-refractivity contribution in [3.8, 4) is 11.5 Å². The topological polar surface area (TPSA) is 70.9 Å². The first-order valence-electron chi connectivity index (χ1n) is 6.43. The molecule has 6 heteroatoms. The average molecular weight is 283 g/mol. The summed E-state index contributed by atoms with van der Waals surface area (Å²) in [6.07, 6.45) is 1.53. The van der Waals surface area contributed by atoms with Crippen molar-refractivity contribution in [1.29, 1.82) is 0 Å².